The Morgan fingerprint density at radius 1 is 1.40 bits per heavy atom. The molecular formula is C11H14BrNO2. The van der Waals surface area contributed by atoms with Gasteiger partial charge in [0.25, 0.3) is 0 Å². The lowest BCUT2D eigenvalue weighted by atomic mass is 10.1. The average molecular weight is 272 g/mol. The molecular weight excluding hydrogens is 258 g/mol. The zero-order valence-electron chi connectivity index (χ0n) is 9.08. The molecule has 1 aromatic carbocycles. The summed E-state index contributed by atoms with van der Waals surface area (Å²) in [6.07, 6.45) is 0. The molecule has 0 N–H and O–H groups in total. The van der Waals surface area contributed by atoms with Crippen LogP contribution in [0.3, 0.4) is 0 Å². The van der Waals surface area contributed by atoms with E-state index in [4.69, 9.17) is 0 Å². The molecule has 0 radical (unpaired) electrons. The summed E-state index contributed by atoms with van der Waals surface area (Å²) < 4.78 is 4.51. The Bertz CT molecular complexity index is 364. The van der Waals surface area contributed by atoms with E-state index in [0.29, 0.717) is 5.56 Å². The van der Waals surface area contributed by atoms with E-state index < -0.39 is 0 Å². The first-order chi connectivity index (χ1) is 7.02. The highest BCUT2D eigenvalue weighted by Gasteiger charge is 2.08. The van der Waals surface area contributed by atoms with Gasteiger partial charge in [-0.2, -0.15) is 0 Å². The van der Waals surface area contributed by atoms with Crippen molar-refractivity contribution in [3.63, 3.8) is 0 Å². The van der Waals surface area contributed by atoms with Crippen molar-refractivity contribution in [3.05, 3.63) is 34.9 Å². The normalized spacial score (nSPS) is 10.5. The van der Waals surface area contributed by atoms with Crippen LogP contribution in [0, 0.1) is 6.92 Å². The summed E-state index contributed by atoms with van der Waals surface area (Å²) in [5, 5.41) is 0. The minimum absolute atomic E-state index is 0.362. The molecule has 0 aliphatic carbocycles. The van der Waals surface area contributed by atoms with Gasteiger partial charge >= 0.3 is 5.97 Å². The Hall–Kier alpha value is -0.870. The van der Waals surface area contributed by atoms with Crippen LogP contribution < -0.4 is 0 Å². The number of nitrogens with zero attached hydrogens (tertiary/aromatic N) is 1. The van der Waals surface area contributed by atoms with Crippen LogP contribution in [-0.2, 0) is 10.4 Å². The van der Waals surface area contributed by atoms with Crippen LogP contribution in [0.15, 0.2) is 18.2 Å². The van der Waals surface area contributed by atoms with Crippen LogP contribution >= 0.6 is 16.3 Å². The van der Waals surface area contributed by atoms with E-state index >= 15 is 0 Å². The predicted octanol–water partition coefficient (Wildman–Crippen LogP) is 2.52. The standard InChI is InChI=1S/C11H14BrNO2/c1-8-4-9(7-13(2)3)6-10(5-8)11(14)15-12/h4-6H,7H2,1-3H3. The molecule has 0 amide bonds. The first-order valence-corrected chi connectivity index (χ1v) is 5.26. The molecule has 0 spiro atoms. The fourth-order valence-electron chi connectivity index (χ4n) is 1.48. The largest absolute Gasteiger partial charge is 0.380 e. The number of hydrogen-bond donors (Lipinski definition) is 0. The molecule has 0 unspecified atom stereocenters. The Kier molecular flexibility index (Phi) is 4.29. The first kappa shape index (κ1) is 12.2. The van der Waals surface area contributed by atoms with Crippen molar-refractivity contribution >= 4 is 22.2 Å². The minimum atomic E-state index is -0.362. The molecule has 0 aromatic heterocycles. The fourth-order valence-corrected chi connectivity index (χ4v) is 1.67. The molecule has 15 heavy (non-hydrogen) atoms. The van der Waals surface area contributed by atoms with E-state index in [1.54, 1.807) is 0 Å². The Balaban J connectivity index is 2.99. The van der Waals surface area contributed by atoms with Gasteiger partial charge in [0.15, 0.2) is 16.3 Å². The Morgan fingerprint density at radius 2 is 2.07 bits per heavy atom. The molecule has 3 nitrogen and oxygen atoms in total. The second kappa shape index (κ2) is 5.28. The molecule has 0 bridgehead atoms. The summed E-state index contributed by atoms with van der Waals surface area (Å²) in [6.45, 7) is 2.77. The van der Waals surface area contributed by atoms with Gasteiger partial charge in [0.2, 0.25) is 0 Å². The van der Waals surface area contributed by atoms with Crippen LogP contribution in [0.25, 0.3) is 0 Å². The Labute approximate surface area is 98.5 Å². The zero-order valence-corrected chi connectivity index (χ0v) is 10.7. The van der Waals surface area contributed by atoms with Gasteiger partial charge in [-0.3, -0.25) is 0 Å². The Morgan fingerprint density at radius 3 is 2.60 bits per heavy atom. The average Bonchev–Trinajstić information content (AvgIpc) is 2.14. The molecule has 0 saturated carbocycles. The summed E-state index contributed by atoms with van der Waals surface area (Å²) in [5.41, 5.74) is 2.74. The van der Waals surface area contributed by atoms with Crippen molar-refractivity contribution < 1.29 is 8.62 Å². The van der Waals surface area contributed by atoms with Crippen molar-refractivity contribution in [2.45, 2.75) is 13.5 Å². The van der Waals surface area contributed by atoms with Crippen LogP contribution in [0.2, 0.25) is 0 Å². The van der Waals surface area contributed by atoms with E-state index in [0.717, 1.165) is 17.7 Å². The molecule has 0 fully saturated rings. The smallest absolute Gasteiger partial charge is 0.349 e. The van der Waals surface area contributed by atoms with Crippen LogP contribution in [0.5, 0.6) is 0 Å². The molecule has 1 rings (SSSR count). The number of rotatable bonds is 3. The highest BCUT2D eigenvalue weighted by Crippen LogP contribution is 2.13. The number of halogens is 1. The molecule has 82 valence electrons. The van der Waals surface area contributed by atoms with Crippen LogP contribution in [0.4, 0.5) is 0 Å². The maximum Gasteiger partial charge on any atom is 0.349 e. The maximum absolute atomic E-state index is 11.3. The van der Waals surface area contributed by atoms with Gasteiger partial charge in [0.05, 0.1) is 5.56 Å². The summed E-state index contributed by atoms with van der Waals surface area (Å²) in [6, 6.07) is 5.71. The summed E-state index contributed by atoms with van der Waals surface area (Å²) in [4.78, 5) is 13.4. The van der Waals surface area contributed by atoms with E-state index in [9.17, 15) is 4.79 Å². The summed E-state index contributed by atoms with van der Waals surface area (Å²) in [5.74, 6) is -0.362. The van der Waals surface area contributed by atoms with Crippen LogP contribution in [-0.4, -0.2) is 25.0 Å². The van der Waals surface area contributed by atoms with Gasteiger partial charge in [-0.05, 0) is 44.3 Å². The number of hydrogen-bond acceptors (Lipinski definition) is 3. The third kappa shape index (κ3) is 3.64. The van der Waals surface area contributed by atoms with Crippen molar-refractivity contribution in [2.24, 2.45) is 0 Å². The van der Waals surface area contributed by atoms with Gasteiger partial charge in [-0.25, -0.2) is 4.79 Å². The molecule has 0 aliphatic rings. The predicted molar refractivity (Wildman–Crippen MR) is 62.9 cm³/mol. The summed E-state index contributed by atoms with van der Waals surface area (Å²) >= 11 is 2.69. The second-order valence-corrected chi connectivity index (χ2v) is 4.13. The van der Waals surface area contributed by atoms with Gasteiger partial charge in [0, 0.05) is 6.54 Å². The molecule has 1 aromatic rings. The quantitative estimate of drug-likeness (QED) is 0.846. The van der Waals surface area contributed by atoms with E-state index in [1.807, 2.05) is 33.2 Å². The lowest BCUT2D eigenvalue weighted by molar-refractivity contribution is 0.0781. The first-order valence-electron chi connectivity index (χ1n) is 4.61. The summed E-state index contributed by atoms with van der Waals surface area (Å²) in [7, 11) is 3.98. The van der Waals surface area contributed by atoms with Crippen molar-refractivity contribution in [2.75, 3.05) is 14.1 Å². The van der Waals surface area contributed by atoms with Gasteiger partial charge in [-0.1, -0.05) is 6.07 Å². The van der Waals surface area contributed by atoms with Crippen LogP contribution in [0.1, 0.15) is 21.5 Å². The van der Waals surface area contributed by atoms with Crippen molar-refractivity contribution in [3.8, 4) is 0 Å². The molecule has 0 heterocycles. The number of carbonyl (C=O) groups is 1. The number of carbonyl (C=O) groups excluding carboxylic acids is 1. The molecule has 0 atom stereocenters. The fraction of sp³-hybridized carbons (Fsp3) is 0.364. The highest BCUT2D eigenvalue weighted by atomic mass is 79.9. The zero-order chi connectivity index (χ0) is 11.4. The minimum Gasteiger partial charge on any atom is -0.380 e. The van der Waals surface area contributed by atoms with E-state index in [2.05, 4.69) is 31.1 Å². The number of benzene rings is 1. The highest BCUT2D eigenvalue weighted by molar-refractivity contribution is 9.06. The topological polar surface area (TPSA) is 29.5 Å². The van der Waals surface area contributed by atoms with Crippen molar-refractivity contribution in [1.82, 2.24) is 4.90 Å². The van der Waals surface area contributed by atoms with E-state index in [1.165, 1.54) is 0 Å². The third-order valence-electron chi connectivity index (χ3n) is 1.94. The third-order valence-corrected chi connectivity index (χ3v) is 2.24. The number of aryl methyl sites for hydroxylation is 1. The second-order valence-electron chi connectivity index (χ2n) is 3.81. The lowest BCUT2D eigenvalue weighted by Crippen LogP contribution is -2.11. The van der Waals surface area contributed by atoms with Gasteiger partial charge in [0.1, 0.15) is 0 Å². The monoisotopic (exact) mass is 271 g/mol. The van der Waals surface area contributed by atoms with E-state index in [-0.39, 0.29) is 5.97 Å². The SMILES string of the molecule is Cc1cc(CN(C)C)cc(C(=O)OBr)c1. The van der Waals surface area contributed by atoms with Gasteiger partial charge < -0.3 is 8.73 Å². The molecule has 4 heteroatoms. The lowest BCUT2D eigenvalue weighted by Gasteiger charge is -2.11. The van der Waals surface area contributed by atoms with Gasteiger partial charge in [-0.15, -0.1) is 0 Å². The maximum atomic E-state index is 11.3. The molecule has 0 aliphatic heterocycles. The van der Waals surface area contributed by atoms with Crippen molar-refractivity contribution in [1.29, 1.82) is 0 Å². The molecule has 0 saturated heterocycles.